The molecule has 40 heavy (non-hydrogen) atoms. The summed E-state index contributed by atoms with van der Waals surface area (Å²) in [6.45, 7) is 0. The highest BCUT2D eigenvalue weighted by molar-refractivity contribution is 7.89. The van der Waals surface area contributed by atoms with Gasteiger partial charge in [-0.1, -0.05) is 91.0 Å². The lowest BCUT2D eigenvalue weighted by molar-refractivity contribution is -0.143. The number of hydrogen-bond donors (Lipinski definition) is 2. The van der Waals surface area contributed by atoms with Gasteiger partial charge in [0.15, 0.2) is 0 Å². The zero-order valence-electron chi connectivity index (χ0n) is 20.7. The zero-order valence-corrected chi connectivity index (χ0v) is 21.6. The molecule has 4 aromatic carbocycles. The molecule has 0 aliphatic carbocycles. The van der Waals surface area contributed by atoms with Crippen molar-refractivity contribution < 1.29 is 34.8 Å². The summed E-state index contributed by atoms with van der Waals surface area (Å²) >= 11 is 0. The van der Waals surface area contributed by atoms with Crippen LogP contribution in [0, 0.1) is 0 Å². The Kier molecular flexibility index (Phi) is 8.11. The Labute approximate surface area is 227 Å². The van der Waals surface area contributed by atoms with Gasteiger partial charge >= 0.3 is 12.4 Å². The Balaban J connectivity index is 1.90. The van der Waals surface area contributed by atoms with E-state index in [-0.39, 0.29) is 24.6 Å². The van der Waals surface area contributed by atoms with Crippen LogP contribution < -0.4 is 10.5 Å². The highest BCUT2D eigenvalue weighted by Gasteiger charge is 2.43. The fraction of sp³-hybridized carbons (Fsp3) is 0.172. The summed E-state index contributed by atoms with van der Waals surface area (Å²) in [7, 11) is -4.97. The molecule has 11 heteroatoms. The molecule has 4 nitrogen and oxygen atoms in total. The van der Waals surface area contributed by atoms with E-state index in [1.54, 1.807) is 91.0 Å². The molecule has 1 atom stereocenters. The van der Waals surface area contributed by atoms with E-state index in [4.69, 9.17) is 5.73 Å². The van der Waals surface area contributed by atoms with Gasteiger partial charge in [0.2, 0.25) is 10.0 Å². The molecule has 0 radical (unpaired) electrons. The van der Waals surface area contributed by atoms with Crippen LogP contribution in [0.5, 0.6) is 0 Å². The van der Waals surface area contributed by atoms with E-state index in [2.05, 4.69) is 4.72 Å². The quantitative estimate of drug-likeness (QED) is 0.234. The number of alkyl halides is 6. The fourth-order valence-corrected chi connectivity index (χ4v) is 5.82. The van der Waals surface area contributed by atoms with Gasteiger partial charge in [0, 0.05) is 0 Å². The van der Waals surface area contributed by atoms with E-state index in [1.807, 2.05) is 0 Å². The fourth-order valence-electron chi connectivity index (χ4n) is 4.48. The first-order chi connectivity index (χ1) is 18.7. The van der Waals surface area contributed by atoms with Crippen molar-refractivity contribution in [3.05, 3.63) is 137 Å². The maximum atomic E-state index is 13.6. The molecule has 0 saturated heterocycles. The summed E-state index contributed by atoms with van der Waals surface area (Å²) in [6, 6.07) is 24.5. The van der Waals surface area contributed by atoms with Crippen LogP contribution in [0.1, 0.15) is 27.8 Å². The second-order valence-corrected chi connectivity index (χ2v) is 10.9. The van der Waals surface area contributed by atoms with Gasteiger partial charge < -0.3 is 5.73 Å². The van der Waals surface area contributed by atoms with Gasteiger partial charge in [-0.2, -0.15) is 26.3 Å². The Hall–Kier alpha value is -3.67. The van der Waals surface area contributed by atoms with Crippen molar-refractivity contribution in [2.75, 3.05) is 0 Å². The minimum Gasteiger partial charge on any atom is -0.316 e. The van der Waals surface area contributed by atoms with Gasteiger partial charge in [0.25, 0.3) is 0 Å². The van der Waals surface area contributed by atoms with Gasteiger partial charge in [-0.05, 0) is 41.3 Å². The number of rotatable bonds is 8. The maximum Gasteiger partial charge on any atom is 0.416 e. The summed E-state index contributed by atoms with van der Waals surface area (Å²) in [5, 5.41) is 0. The standard InChI is InChI=1S/C29H24F6N2O2S/c30-28(31,32)23-17-24(29(33,34)35)19-25(18-23)40(38,39)37-26(16-20-10-4-1-5-11-20)27(36,21-12-6-2-7-13-21)22-14-8-3-9-15-22/h1-15,17-19,26,37H,16,36H2. The molecule has 0 spiro atoms. The van der Waals surface area contributed by atoms with Crippen molar-refractivity contribution in [3.63, 3.8) is 0 Å². The van der Waals surface area contributed by atoms with Crippen molar-refractivity contribution in [1.29, 1.82) is 0 Å². The molecular weight excluding hydrogens is 554 g/mol. The smallest absolute Gasteiger partial charge is 0.316 e. The summed E-state index contributed by atoms with van der Waals surface area (Å²) in [6.07, 6.45) is -10.5. The molecule has 1 unspecified atom stereocenters. The predicted octanol–water partition coefficient (Wildman–Crippen LogP) is 6.52. The Morgan fingerprint density at radius 2 is 1.02 bits per heavy atom. The van der Waals surface area contributed by atoms with Gasteiger partial charge in [-0.15, -0.1) is 0 Å². The van der Waals surface area contributed by atoms with Gasteiger partial charge in [-0.3, -0.25) is 0 Å². The van der Waals surface area contributed by atoms with Crippen LogP contribution in [-0.4, -0.2) is 14.5 Å². The van der Waals surface area contributed by atoms with Gasteiger partial charge in [-0.25, -0.2) is 13.1 Å². The predicted molar refractivity (Wildman–Crippen MR) is 139 cm³/mol. The third-order valence-corrected chi connectivity index (χ3v) is 7.96. The number of nitrogens with two attached hydrogens (primary N) is 1. The highest BCUT2D eigenvalue weighted by Crippen LogP contribution is 2.38. The monoisotopic (exact) mass is 578 g/mol. The molecule has 0 amide bonds. The maximum absolute atomic E-state index is 13.6. The normalized spacial score (nSPS) is 13.7. The molecule has 0 fully saturated rings. The van der Waals surface area contributed by atoms with Crippen molar-refractivity contribution in [2.45, 2.75) is 35.2 Å². The lowest BCUT2D eigenvalue weighted by Crippen LogP contribution is -2.57. The van der Waals surface area contributed by atoms with Crippen molar-refractivity contribution in [1.82, 2.24) is 4.72 Å². The molecule has 4 rings (SSSR count). The van der Waals surface area contributed by atoms with E-state index in [0.29, 0.717) is 16.7 Å². The largest absolute Gasteiger partial charge is 0.416 e. The summed E-state index contributed by atoms with van der Waals surface area (Å²) in [4.78, 5) is -1.18. The number of benzene rings is 4. The van der Waals surface area contributed by atoms with Crippen LogP contribution in [0.2, 0.25) is 0 Å². The van der Waals surface area contributed by atoms with E-state index < -0.39 is 50.0 Å². The first kappa shape index (κ1) is 29.3. The molecule has 210 valence electrons. The number of sulfonamides is 1. The van der Waals surface area contributed by atoms with Crippen LogP contribution in [0.4, 0.5) is 26.3 Å². The van der Waals surface area contributed by atoms with E-state index in [9.17, 15) is 34.8 Å². The summed E-state index contributed by atoms with van der Waals surface area (Å²) in [5.41, 5.74) is 3.55. The van der Waals surface area contributed by atoms with Crippen LogP contribution >= 0.6 is 0 Å². The molecule has 0 aliphatic rings. The Bertz CT molecular complexity index is 1470. The van der Waals surface area contributed by atoms with Crippen molar-refractivity contribution in [3.8, 4) is 0 Å². The average molecular weight is 579 g/mol. The molecule has 0 bridgehead atoms. The van der Waals surface area contributed by atoms with Gasteiger partial charge in [0.1, 0.15) is 0 Å². The average Bonchev–Trinajstić information content (AvgIpc) is 2.92. The minimum atomic E-state index is -5.22. The molecular formula is C29H24F6N2O2S. The third-order valence-electron chi connectivity index (χ3n) is 6.50. The molecule has 0 heterocycles. The number of nitrogens with one attached hydrogen (secondary N) is 1. The Morgan fingerprint density at radius 1 is 0.625 bits per heavy atom. The second-order valence-electron chi connectivity index (χ2n) is 9.21. The lowest BCUT2D eigenvalue weighted by atomic mass is 9.76. The molecule has 3 N–H and O–H groups in total. The molecule has 4 aromatic rings. The lowest BCUT2D eigenvalue weighted by Gasteiger charge is -2.39. The third kappa shape index (κ3) is 6.38. The first-order valence-electron chi connectivity index (χ1n) is 12.0. The van der Waals surface area contributed by atoms with E-state index in [0.717, 1.165) is 0 Å². The van der Waals surface area contributed by atoms with Crippen LogP contribution in [0.15, 0.2) is 114 Å². The Morgan fingerprint density at radius 3 is 1.43 bits per heavy atom. The zero-order chi connectivity index (χ0) is 29.2. The first-order valence-corrected chi connectivity index (χ1v) is 13.5. The van der Waals surface area contributed by atoms with E-state index in [1.165, 1.54) is 0 Å². The topological polar surface area (TPSA) is 72.2 Å². The SMILES string of the molecule is NC(c1ccccc1)(c1ccccc1)C(Cc1ccccc1)NS(=O)(=O)c1cc(C(F)(F)F)cc(C(F)(F)F)c1. The van der Waals surface area contributed by atoms with Crippen LogP contribution in [0.3, 0.4) is 0 Å². The molecule has 0 saturated carbocycles. The number of hydrogen-bond acceptors (Lipinski definition) is 3. The summed E-state index contributed by atoms with van der Waals surface area (Å²) in [5.74, 6) is 0. The van der Waals surface area contributed by atoms with E-state index >= 15 is 0 Å². The molecule has 0 aromatic heterocycles. The van der Waals surface area contributed by atoms with Crippen LogP contribution in [0.25, 0.3) is 0 Å². The summed E-state index contributed by atoms with van der Waals surface area (Å²) < 4.78 is 111. The number of halogens is 6. The highest BCUT2D eigenvalue weighted by atomic mass is 32.2. The van der Waals surface area contributed by atoms with Crippen molar-refractivity contribution >= 4 is 10.0 Å². The van der Waals surface area contributed by atoms with Gasteiger partial charge in [0.05, 0.1) is 27.6 Å². The molecule has 0 aliphatic heterocycles. The second kappa shape index (κ2) is 11.1. The van der Waals surface area contributed by atoms with Crippen molar-refractivity contribution in [2.24, 2.45) is 5.73 Å². The van der Waals surface area contributed by atoms with Crippen LogP contribution in [-0.2, 0) is 34.3 Å². The minimum absolute atomic E-state index is 0.0363.